The molecule has 0 aliphatic carbocycles. The molecule has 0 spiro atoms. The lowest BCUT2D eigenvalue weighted by molar-refractivity contribution is 0.00640. The first-order chi connectivity index (χ1) is 9.25. The lowest BCUT2D eigenvalue weighted by Crippen LogP contribution is -2.12. The second kappa shape index (κ2) is 7.07. The Labute approximate surface area is 114 Å². The van der Waals surface area contributed by atoms with Crippen molar-refractivity contribution in [2.45, 2.75) is 32.2 Å². The molecule has 2 rings (SSSR count). The molecule has 0 radical (unpaired) electrons. The number of ether oxygens (including phenoxy) is 1. The summed E-state index contributed by atoms with van der Waals surface area (Å²) < 4.78 is 5.97. The SMILES string of the molecule is CC(O)CC(OCc1ccccc1)c1ccccc1. The fourth-order valence-corrected chi connectivity index (χ4v) is 2.05. The van der Waals surface area contributed by atoms with E-state index in [1.165, 1.54) is 0 Å². The van der Waals surface area contributed by atoms with Crippen molar-refractivity contribution in [2.24, 2.45) is 0 Å². The molecule has 0 bridgehead atoms. The Balaban J connectivity index is 2.02. The van der Waals surface area contributed by atoms with Crippen LogP contribution in [0.1, 0.15) is 30.6 Å². The maximum Gasteiger partial charge on any atom is 0.0854 e. The molecule has 2 aromatic rings. The van der Waals surface area contributed by atoms with Gasteiger partial charge in [0.1, 0.15) is 0 Å². The van der Waals surface area contributed by atoms with E-state index >= 15 is 0 Å². The van der Waals surface area contributed by atoms with Crippen molar-refractivity contribution in [3.8, 4) is 0 Å². The van der Waals surface area contributed by atoms with Gasteiger partial charge < -0.3 is 9.84 Å². The van der Waals surface area contributed by atoms with E-state index in [9.17, 15) is 5.11 Å². The molecular weight excluding hydrogens is 236 g/mol. The summed E-state index contributed by atoms with van der Waals surface area (Å²) in [4.78, 5) is 0. The molecule has 0 saturated heterocycles. The van der Waals surface area contributed by atoms with Crippen LogP contribution in [0.5, 0.6) is 0 Å². The largest absolute Gasteiger partial charge is 0.393 e. The smallest absolute Gasteiger partial charge is 0.0854 e. The molecule has 0 aliphatic heterocycles. The van der Waals surface area contributed by atoms with Crippen LogP contribution in [0.2, 0.25) is 0 Å². The summed E-state index contributed by atoms with van der Waals surface area (Å²) in [5.41, 5.74) is 2.26. The molecule has 2 unspecified atom stereocenters. The first-order valence-corrected chi connectivity index (χ1v) is 6.64. The summed E-state index contributed by atoms with van der Waals surface area (Å²) in [7, 11) is 0. The zero-order valence-corrected chi connectivity index (χ0v) is 11.2. The second-order valence-corrected chi connectivity index (χ2v) is 4.78. The normalized spacial score (nSPS) is 14.0. The van der Waals surface area contributed by atoms with Crippen molar-refractivity contribution < 1.29 is 9.84 Å². The zero-order valence-electron chi connectivity index (χ0n) is 11.2. The van der Waals surface area contributed by atoms with E-state index in [2.05, 4.69) is 0 Å². The van der Waals surface area contributed by atoms with Crippen molar-refractivity contribution in [3.05, 3.63) is 71.8 Å². The standard InChI is InChI=1S/C17H20O2/c1-14(18)12-17(16-10-6-3-7-11-16)19-13-15-8-4-2-5-9-15/h2-11,14,17-18H,12-13H2,1H3. The third-order valence-corrected chi connectivity index (χ3v) is 3.02. The molecule has 2 atom stereocenters. The highest BCUT2D eigenvalue weighted by Crippen LogP contribution is 2.24. The summed E-state index contributed by atoms with van der Waals surface area (Å²) in [6.07, 6.45) is 0.166. The number of aliphatic hydroxyl groups excluding tert-OH is 1. The molecule has 0 aliphatic rings. The highest BCUT2D eigenvalue weighted by Gasteiger charge is 2.14. The van der Waals surface area contributed by atoms with Crippen LogP contribution < -0.4 is 0 Å². The molecule has 2 heteroatoms. The van der Waals surface area contributed by atoms with Crippen LogP contribution in [0, 0.1) is 0 Å². The maximum absolute atomic E-state index is 9.60. The minimum atomic E-state index is -0.374. The number of rotatable bonds is 6. The van der Waals surface area contributed by atoms with E-state index in [1.807, 2.05) is 60.7 Å². The van der Waals surface area contributed by atoms with Crippen LogP contribution in [-0.4, -0.2) is 11.2 Å². The number of hydrogen-bond donors (Lipinski definition) is 1. The minimum Gasteiger partial charge on any atom is -0.393 e. The molecule has 0 saturated carbocycles. The van der Waals surface area contributed by atoms with Crippen LogP contribution in [0.3, 0.4) is 0 Å². The van der Waals surface area contributed by atoms with Gasteiger partial charge in [-0.05, 0) is 18.1 Å². The predicted octanol–water partition coefficient (Wildman–Crippen LogP) is 3.72. The first kappa shape index (κ1) is 13.8. The summed E-state index contributed by atoms with van der Waals surface area (Å²) in [5, 5.41) is 9.60. The topological polar surface area (TPSA) is 29.5 Å². The third-order valence-electron chi connectivity index (χ3n) is 3.02. The number of hydrogen-bond acceptors (Lipinski definition) is 2. The summed E-state index contributed by atoms with van der Waals surface area (Å²) in [5.74, 6) is 0. The highest BCUT2D eigenvalue weighted by molar-refractivity contribution is 5.18. The monoisotopic (exact) mass is 256 g/mol. The predicted molar refractivity (Wildman–Crippen MR) is 76.7 cm³/mol. The van der Waals surface area contributed by atoms with E-state index in [0.717, 1.165) is 11.1 Å². The van der Waals surface area contributed by atoms with Crippen molar-refractivity contribution in [3.63, 3.8) is 0 Å². The molecule has 2 nitrogen and oxygen atoms in total. The van der Waals surface area contributed by atoms with Gasteiger partial charge in [0.05, 0.1) is 18.8 Å². The average molecular weight is 256 g/mol. The second-order valence-electron chi connectivity index (χ2n) is 4.78. The minimum absolute atomic E-state index is 0.0681. The van der Waals surface area contributed by atoms with E-state index in [4.69, 9.17) is 4.74 Å². The summed E-state index contributed by atoms with van der Waals surface area (Å²) in [6.45, 7) is 2.36. The van der Waals surface area contributed by atoms with Gasteiger partial charge in [-0.15, -0.1) is 0 Å². The van der Waals surface area contributed by atoms with Gasteiger partial charge in [0, 0.05) is 6.42 Å². The van der Waals surface area contributed by atoms with Gasteiger partial charge in [0.2, 0.25) is 0 Å². The molecule has 0 aromatic heterocycles. The Morgan fingerprint density at radius 2 is 1.53 bits per heavy atom. The van der Waals surface area contributed by atoms with Crippen molar-refractivity contribution in [2.75, 3.05) is 0 Å². The Morgan fingerprint density at radius 3 is 2.11 bits per heavy atom. The zero-order chi connectivity index (χ0) is 13.5. The molecule has 1 N–H and O–H groups in total. The fraction of sp³-hybridized carbons (Fsp3) is 0.294. The molecule has 0 amide bonds. The molecular formula is C17H20O2. The van der Waals surface area contributed by atoms with Crippen LogP contribution in [0.25, 0.3) is 0 Å². The summed E-state index contributed by atoms with van der Waals surface area (Å²) >= 11 is 0. The van der Waals surface area contributed by atoms with Gasteiger partial charge in [0.15, 0.2) is 0 Å². The van der Waals surface area contributed by atoms with Gasteiger partial charge >= 0.3 is 0 Å². The van der Waals surface area contributed by atoms with E-state index in [-0.39, 0.29) is 12.2 Å². The van der Waals surface area contributed by atoms with Gasteiger partial charge in [-0.1, -0.05) is 60.7 Å². The van der Waals surface area contributed by atoms with Gasteiger partial charge in [0.25, 0.3) is 0 Å². The lowest BCUT2D eigenvalue weighted by Gasteiger charge is -2.20. The van der Waals surface area contributed by atoms with Crippen LogP contribution in [0.4, 0.5) is 0 Å². The van der Waals surface area contributed by atoms with E-state index in [1.54, 1.807) is 6.92 Å². The van der Waals surface area contributed by atoms with Crippen molar-refractivity contribution in [1.29, 1.82) is 0 Å². The van der Waals surface area contributed by atoms with Crippen LogP contribution in [0.15, 0.2) is 60.7 Å². The quantitative estimate of drug-likeness (QED) is 0.853. The molecule has 0 heterocycles. The maximum atomic E-state index is 9.60. The van der Waals surface area contributed by atoms with Crippen molar-refractivity contribution >= 4 is 0 Å². The highest BCUT2D eigenvalue weighted by atomic mass is 16.5. The fourth-order valence-electron chi connectivity index (χ4n) is 2.05. The Bertz CT molecular complexity index is 465. The van der Waals surface area contributed by atoms with Crippen LogP contribution >= 0.6 is 0 Å². The number of aliphatic hydroxyl groups is 1. The lowest BCUT2D eigenvalue weighted by atomic mass is 10.0. The van der Waals surface area contributed by atoms with Gasteiger partial charge in [-0.3, -0.25) is 0 Å². The first-order valence-electron chi connectivity index (χ1n) is 6.64. The van der Waals surface area contributed by atoms with Gasteiger partial charge in [-0.25, -0.2) is 0 Å². The number of benzene rings is 2. The average Bonchev–Trinajstić information content (AvgIpc) is 2.45. The Morgan fingerprint density at radius 1 is 0.947 bits per heavy atom. The Kier molecular flexibility index (Phi) is 5.13. The molecule has 0 fully saturated rings. The van der Waals surface area contributed by atoms with Crippen LogP contribution in [-0.2, 0) is 11.3 Å². The van der Waals surface area contributed by atoms with Gasteiger partial charge in [-0.2, -0.15) is 0 Å². The van der Waals surface area contributed by atoms with Crippen molar-refractivity contribution in [1.82, 2.24) is 0 Å². The van der Waals surface area contributed by atoms with E-state index in [0.29, 0.717) is 13.0 Å². The summed E-state index contributed by atoms with van der Waals surface area (Å²) in [6, 6.07) is 20.2. The Hall–Kier alpha value is -1.64. The van der Waals surface area contributed by atoms with E-state index < -0.39 is 0 Å². The molecule has 2 aromatic carbocycles. The third kappa shape index (κ3) is 4.51. The molecule has 19 heavy (non-hydrogen) atoms. The molecule has 100 valence electrons.